The van der Waals surface area contributed by atoms with Gasteiger partial charge in [0.1, 0.15) is 11.4 Å². The molecule has 5 heteroatoms. The number of hydrogen-bond acceptors (Lipinski definition) is 3. The predicted molar refractivity (Wildman–Crippen MR) is 58.6 cm³/mol. The van der Waals surface area contributed by atoms with Crippen LogP contribution < -0.4 is 5.73 Å². The van der Waals surface area contributed by atoms with Crippen molar-refractivity contribution in [3.8, 4) is 11.4 Å². The minimum atomic E-state index is 0.631. The van der Waals surface area contributed by atoms with E-state index in [4.69, 9.17) is 5.73 Å². The summed E-state index contributed by atoms with van der Waals surface area (Å²) in [6.07, 6.45) is 3.35. The van der Waals surface area contributed by atoms with Crippen molar-refractivity contribution in [3.63, 3.8) is 0 Å². The fourth-order valence-corrected chi connectivity index (χ4v) is 1.75. The van der Waals surface area contributed by atoms with Crippen LogP contribution in [-0.4, -0.2) is 14.8 Å². The molecular formula is C9H9BrN4. The predicted octanol–water partition coefficient (Wildman–Crippen LogP) is 1.83. The van der Waals surface area contributed by atoms with Gasteiger partial charge in [-0.2, -0.15) is 5.10 Å². The Kier molecular flexibility index (Phi) is 2.25. The lowest BCUT2D eigenvalue weighted by atomic mass is 10.2. The fraction of sp³-hybridized carbons (Fsp3) is 0.111. The van der Waals surface area contributed by atoms with E-state index in [2.05, 4.69) is 26.0 Å². The summed E-state index contributed by atoms with van der Waals surface area (Å²) in [7, 11) is 1.84. The Bertz CT molecular complexity index is 444. The summed E-state index contributed by atoms with van der Waals surface area (Å²) in [5.41, 5.74) is 8.07. The van der Waals surface area contributed by atoms with Crippen molar-refractivity contribution in [1.82, 2.24) is 14.8 Å². The molecule has 0 aliphatic heterocycles. The summed E-state index contributed by atoms with van der Waals surface area (Å²) in [6, 6.07) is 3.79. The maximum Gasteiger partial charge on any atom is 0.110 e. The van der Waals surface area contributed by atoms with Crippen molar-refractivity contribution >= 4 is 21.6 Å². The number of hydrogen-bond donors (Lipinski definition) is 1. The van der Waals surface area contributed by atoms with E-state index in [-0.39, 0.29) is 0 Å². The molecule has 0 fully saturated rings. The van der Waals surface area contributed by atoms with Gasteiger partial charge in [-0.3, -0.25) is 9.67 Å². The van der Waals surface area contributed by atoms with Gasteiger partial charge in [-0.15, -0.1) is 0 Å². The smallest absolute Gasteiger partial charge is 0.110 e. The van der Waals surface area contributed by atoms with Crippen LogP contribution in [0.1, 0.15) is 0 Å². The molecule has 0 aliphatic carbocycles. The lowest BCUT2D eigenvalue weighted by molar-refractivity contribution is 0.773. The van der Waals surface area contributed by atoms with Gasteiger partial charge in [0, 0.05) is 17.7 Å². The average molecular weight is 253 g/mol. The number of nitrogens with zero attached hydrogens (tertiary/aromatic N) is 3. The van der Waals surface area contributed by atoms with Crippen molar-refractivity contribution in [2.75, 3.05) is 5.73 Å². The molecule has 2 aromatic heterocycles. The lowest BCUT2D eigenvalue weighted by Crippen LogP contribution is -1.98. The first-order chi connectivity index (χ1) is 6.70. The van der Waals surface area contributed by atoms with Crippen molar-refractivity contribution in [3.05, 3.63) is 29.0 Å². The van der Waals surface area contributed by atoms with Crippen LogP contribution in [0.3, 0.4) is 0 Å². The number of nitrogen functional groups attached to an aromatic ring is 1. The minimum absolute atomic E-state index is 0.631. The average Bonchev–Trinajstić information content (AvgIpc) is 2.48. The highest BCUT2D eigenvalue weighted by Gasteiger charge is 2.11. The molecule has 4 nitrogen and oxygen atoms in total. The molecule has 2 rings (SSSR count). The summed E-state index contributed by atoms with van der Waals surface area (Å²) in [5.74, 6) is 0. The Hall–Kier alpha value is -1.36. The first-order valence-electron chi connectivity index (χ1n) is 4.08. The molecule has 0 bridgehead atoms. The zero-order chi connectivity index (χ0) is 10.1. The van der Waals surface area contributed by atoms with Crippen LogP contribution >= 0.6 is 15.9 Å². The van der Waals surface area contributed by atoms with Crippen LogP contribution in [0.25, 0.3) is 11.4 Å². The third-order valence-electron chi connectivity index (χ3n) is 1.95. The second-order valence-electron chi connectivity index (χ2n) is 2.91. The van der Waals surface area contributed by atoms with Crippen molar-refractivity contribution in [2.45, 2.75) is 0 Å². The molecule has 72 valence electrons. The second-order valence-corrected chi connectivity index (χ2v) is 3.76. The number of pyridine rings is 1. The van der Waals surface area contributed by atoms with Crippen LogP contribution in [0, 0.1) is 0 Å². The first kappa shape index (κ1) is 9.21. The zero-order valence-electron chi connectivity index (χ0n) is 7.61. The van der Waals surface area contributed by atoms with E-state index in [0.717, 1.165) is 15.9 Å². The number of nitrogens with two attached hydrogens (primary N) is 1. The lowest BCUT2D eigenvalue weighted by Gasteiger charge is -2.04. The SMILES string of the molecule is Cn1ncc(N)c1-c1ncccc1Br. The van der Waals surface area contributed by atoms with Crippen molar-refractivity contribution in [2.24, 2.45) is 7.05 Å². The molecule has 0 aliphatic rings. The third-order valence-corrected chi connectivity index (χ3v) is 2.59. The van der Waals surface area contributed by atoms with Crippen LogP contribution in [0.4, 0.5) is 5.69 Å². The monoisotopic (exact) mass is 252 g/mol. The topological polar surface area (TPSA) is 56.7 Å². The zero-order valence-corrected chi connectivity index (χ0v) is 9.19. The van der Waals surface area contributed by atoms with E-state index in [1.807, 2.05) is 19.2 Å². The van der Waals surface area contributed by atoms with Gasteiger partial charge in [0.2, 0.25) is 0 Å². The maximum absolute atomic E-state index is 5.80. The van der Waals surface area contributed by atoms with Crippen LogP contribution in [0.5, 0.6) is 0 Å². The molecule has 0 atom stereocenters. The molecule has 0 saturated carbocycles. The Morgan fingerprint density at radius 2 is 2.29 bits per heavy atom. The maximum atomic E-state index is 5.80. The molecule has 0 saturated heterocycles. The number of aromatic nitrogens is 3. The van der Waals surface area contributed by atoms with E-state index < -0.39 is 0 Å². The largest absolute Gasteiger partial charge is 0.396 e. The fourth-order valence-electron chi connectivity index (χ4n) is 1.30. The molecule has 0 spiro atoms. The quantitative estimate of drug-likeness (QED) is 0.843. The van der Waals surface area contributed by atoms with E-state index in [9.17, 15) is 0 Å². The molecule has 0 unspecified atom stereocenters. The van der Waals surface area contributed by atoms with Crippen molar-refractivity contribution < 1.29 is 0 Å². The molecule has 2 aromatic rings. The molecule has 0 aromatic carbocycles. The third kappa shape index (κ3) is 1.39. The van der Waals surface area contributed by atoms with E-state index in [1.165, 1.54) is 0 Å². The Labute approximate surface area is 89.9 Å². The summed E-state index contributed by atoms with van der Waals surface area (Å²) >= 11 is 3.43. The van der Waals surface area contributed by atoms with Crippen LogP contribution in [0.15, 0.2) is 29.0 Å². The van der Waals surface area contributed by atoms with Gasteiger partial charge in [-0.25, -0.2) is 0 Å². The van der Waals surface area contributed by atoms with Gasteiger partial charge in [-0.05, 0) is 28.1 Å². The van der Waals surface area contributed by atoms with Gasteiger partial charge in [0.05, 0.1) is 11.9 Å². The van der Waals surface area contributed by atoms with Crippen molar-refractivity contribution in [1.29, 1.82) is 0 Å². The van der Waals surface area contributed by atoms with Gasteiger partial charge < -0.3 is 5.73 Å². The van der Waals surface area contributed by atoms with Gasteiger partial charge in [0.25, 0.3) is 0 Å². The Morgan fingerprint density at radius 1 is 1.50 bits per heavy atom. The molecular weight excluding hydrogens is 244 g/mol. The van der Waals surface area contributed by atoms with Crippen LogP contribution in [0.2, 0.25) is 0 Å². The Morgan fingerprint density at radius 3 is 2.86 bits per heavy atom. The number of aryl methyl sites for hydroxylation is 1. The Balaban J connectivity index is 2.66. The number of halogens is 1. The summed E-state index contributed by atoms with van der Waals surface area (Å²) in [5, 5.41) is 4.06. The van der Waals surface area contributed by atoms with Gasteiger partial charge >= 0.3 is 0 Å². The number of rotatable bonds is 1. The highest BCUT2D eigenvalue weighted by molar-refractivity contribution is 9.10. The molecule has 2 N–H and O–H groups in total. The minimum Gasteiger partial charge on any atom is -0.396 e. The van der Waals surface area contributed by atoms with E-state index >= 15 is 0 Å². The second kappa shape index (κ2) is 3.42. The summed E-state index contributed by atoms with van der Waals surface area (Å²) in [4.78, 5) is 4.25. The van der Waals surface area contributed by atoms with Gasteiger partial charge in [-0.1, -0.05) is 0 Å². The molecule has 2 heterocycles. The molecule has 0 radical (unpaired) electrons. The summed E-state index contributed by atoms with van der Waals surface area (Å²) in [6.45, 7) is 0. The molecule has 0 amide bonds. The summed E-state index contributed by atoms with van der Waals surface area (Å²) < 4.78 is 2.62. The normalized spacial score (nSPS) is 10.4. The first-order valence-corrected chi connectivity index (χ1v) is 4.88. The number of anilines is 1. The highest BCUT2D eigenvalue weighted by Crippen LogP contribution is 2.28. The van der Waals surface area contributed by atoms with Crippen LogP contribution in [-0.2, 0) is 7.05 Å². The van der Waals surface area contributed by atoms with Gasteiger partial charge in [0.15, 0.2) is 0 Å². The highest BCUT2D eigenvalue weighted by atomic mass is 79.9. The molecule has 14 heavy (non-hydrogen) atoms. The van der Waals surface area contributed by atoms with E-state index in [0.29, 0.717) is 5.69 Å². The standard InChI is InChI=1S/C9H9BrN4/c1-14-9(7(11)5-13-14)8-6(10)3-2-4-12-8/h2-5H,11H2,1H3. The van der Waals surface area contributed by atoms with E-state index in [1.54, 1.807) is 17.1 Å².